The van der Waals surface area contributed by atoms with Gasteiger partial charge in [-0.2, -0.15) is 5.10 Å². The van der Waals surface area contributed by atoms with Crippen LogP contribution in [0.4, 0.5) is 0 Å². The van der Waals surface area contributed by atoms with E-state index in [0.717, 1.165) is 27.3 Å². The van der Waals surface area contributed by atoms with Crippen molar-refractivity contribution in [2.45, 2.75) is 39.8 Å². The smallest absolute Gasteiger partial charge is 0.252 e. The van der Waals surface area contributed by atoms with Crippen LogP contribution in [0.25, 0.3) is 21.6 Å². The van der Waals surface area contributed by atoms with Gasteiger partial charge in [0.15, 0.2) is 5.65 Å². The minimum absolute atomic E-state index is 0.142. The third kappa shape index (κ3) is 3.78. The number of carbonyl (C=O) groups excluding carboxylic acids is 1. The van der Waals surface area contributed by atoms with Crippen LogP contribution in [0, 0.1) is 6.92 Å². The largest absolute Gasteiger partial charge is 0.344 e. The summed E-state index contributed by atoms with van der Waals surface area (Å²) < 4.78 is 1.86. The quantitative estimate of drug-likeness (QED) is 0.511. The first kappa shape index (κ1) is 19.3. The van der Waals surface area contributed by atoms with Gasteiger partial charge in [-0.05, 0) is 58.0 Å². The van der Waals surface area contributed by atoms with E-state index in [-0.39, 0.29) is 18.0 Å². The van der Waals surface area contributed by atoms with Gasteiger partial charge in [0.25, 0.3) is 5.91 Å². The normalized spacial score (nSPS) is 12.4. The molecule has 0 fully saturated rings. The van der Waals surface area contributed by atoms with Crippen LogP contribution in [0.5, 0.6) is 0 Å². The maximum atomic E-state index is 13.2. The minimum Gasteiger partial charge on any atom is -0.344 e. The van der Waals surface area contributed by atoms with E-state index in [1.54, 1.807) is 23.7 Å². The number of aromatic nitrogens is 4. The van der Waals surface area contributed by atoms with Gasteiger partial charge in [-0.15, -0.1) is 11.3 Å². The number of thiophene rings is 1. The summed E-state index contributed by atoms with van der Waals surface area (Å²) in [6, 6.07) is 11.6. The standard InChI is InChI=1S/C22H23N5OS/c1-13(2)27-21-17(12-24-27)16(11-19(26-21)20-9-8-14(3)29-20)22(28)25-15(4)18-7-5-6-10-23-18/h5-13,15H,1-4H3,(H,25,28). The molecular formula is C22H23N5OS. The van der Waals surface area contributed by atoms with Crippen LogP contribution in [0.15, 0.2) is 48.8 Å². The van der Waals surface area contributed by atoms with Gasteiger partial charge in [0.05, 0.1) is 39.5 Å². The summed E-state index contributed by atoms with van der Waals surface area (Å²) in [5.41, 5.74) is 2.90. The predicted octanol–water partition coefficient (Wildman–Crippen LogP) is 4.94. The number of aryl methyl sites for hydroxylation is 1. The van der Waals surface area contributed by atoms with E-state index in [0.29, 0.717) is 5.56 Å². The molecule has 0 aliphatic carbocycles. The number of amides is 1. The number of nitrogens with one attached hydrogen (secondary N) is 1. The number of hydrogen-bond acceptors (Lipinski definition) is 5. The zero-order chi connectivity index (χ0) is 20.5. The van der Waals surface area contributed by atoms with Crippen molar-refractivity contribution in [3.8, 4) is 10.6 Å². The van der Waals surface area contributed by atoms with E-state index in [1.807, 2.05) is 41.9 Å². The van der Waals surface area contributed by atoms with E-state index in [2.05, 4.69) is 42.2 Å². The highest BCUT2D eigenvalue weighted by molar-refractivity contribution is 7.15. The van der Waals surface area contributed by atoms with Gasteiger partial charge < -0.3 is 5.32 Å². The number of rotatable bonds is 5. The first-order valence-electron chi connectivity index (χ1n) is 9.61. The predicted molar refractivity (Wildman–Crippen MR) is 116 cm³/mol. The maximum Gasteiger partial charge on any atom is 0.252 e. The van der Waals surface area contributed by atoms with Crippen LogP contribution in [0.2, 0.25) is 0 Å². The molecule has 4 aromatic rings. The van der Waals surface area contributed by atoms with Crippen molar-refractivity contribution in [1.82, 2.24) is 25.1 Å². The summed E-state index contributed by atoms with van der Waals surface area (Å²) in [4.78, 5) is 24.6. The molecule has 0 bridgehead atoms. The summed E-state index contributed by atoms with van der Waals surface area (Å²) >= 11 is 1.66. The van der Waals surface area contributed by atoms with Crippen LogP contribution in [-0.2, 0) is 0 Å². The molecule has 0 aliphatic heterocycles. The van der Waals surface area contributed by atoms with Crippen molar-refractivity contribution >= 4 is 28.3 Å². The Bertz CT molecular complexity index is 1160. The Morgan fingerprint density at radius 2 is 2.00 bits per heavy atom. The van der Waals surface area contributed by atoms with Crippen molar-refractivity contribution in [2.24, 2.45) is 0 Å². The summed E-state index contributed by atoms with van der Waals surface area (Å²) in [6.07, 6.45) is 3.46. The Labute approximate surface area is 173 Å². The van der Waals surface area contributed by atoms with Crippen molar-refractivity contribution < 1.29 is 4.79 Å². The van der Waals surface area contributed by atoms with Gasteiger partial charge in [-0.1, -0.05) is 6.07 Å². The van der Waals surface area contributed by atoms with E-state index >= 15 is 0 Å². The van der Waals surface area contributed by atoms with E-state index in [4.69, 9.17) is 4.98 Å². The zero-order valence-electron chi connectivity index (χ0n) is 16.9. The molecular weight excluding hydrogens is 382 g/mol. The van der Waals surface area contributed by atoms with E-state index in [9.17, 15) is 4.79 Å². The van der Waals surface area contributed by atoms with Crippen LogP contribution in [0.3, 0.4) is 0 Å². The molecule has 4 rings (SSSR count). The summed E-state index contributed by atoms with van der Waals surface area (Å²) in [5, 5.41) is 8.30. The van der Waals surface area contributed by atoms with Gasteiger partial charge in [-0.25, -0.2) is 9.67 Å². The first-order chi connectivity index (χ1) is 13.9. The van der Waals surface area contributed by atoms with E-state index < -0.39 is 0 Å². The number of carbonyl (C=O) groups is 1. The lowest BCUT2D eigenvalue weighted by Crippen LogP contribution is -2.27. The van der Waals surface area contributed by atoms with Gasteiger partial charge in [0.1, 0.15) is 0 Å². The molecule has 0 saturated heterocycles. The highest BCUT2D eigenvalue weighted by Crippen LogP contribution is 2.30. The van der Waals surface area contributed by atoms with Crippen LogP contribution in [0.1, 0.15) is 53.8 Å². The molecule has 29 heavy (non-hydrogen) atoms. The molecule has 7 heteroatoms. The average molecular weight is 406 g/mol. The van der Waals surface area contributed by atoms with Gasteiger partial charge in [0, 0.05) is 17.1 Å². The molecule has 0 radical (unpaired) electrons. The molecule has 1 N–H and O–H groups in total. The van der Waals surface area contributed by atoms with Crippen molar-refractivity contribution in [1.29, 1.82) is 0 Å². The molecule has 148 valence electrons. The molecule has 4 aromatic heterocycles. The molecule has 1 amide bonds. The summed E-state index contributed by atoms with van der Waals surface area (Å²) in [7, 11) is 0. The lowest BCUT2D eigenvalue weighted by atomic mass is 10.1. The fourth-order valence-corrected chi connectivity index (χ4v) is 4.09. The maximum absolute atomic E-state index is 13.2. The third-order valence-electron chi connectivity index (χ3n) is 4.77. The lowest BCUT2D eigenvalue weighted by Gasteiger charge is -2.14. The molecule has 0 saturated carbocycles. The van der Waals surface area contributed by atoms with E-state index in [1.165, 1.54) is 4.88 Å². The number of pyridine rings is 2. The third-order valence-corrected chi connectivity index (χ3v) is 5.80. The van der Waals surface area contributed by atoms with Gasteiger partial charge >= 0.3 is 0 Å². The highest BCUT2D eigenvalue weighted by atomic mass is 32.1. The number of nitrogens with zero attached hydrogens (tertiary/aromatic N) is 4. The second kappa shape index (κ2) is 7.75. The molecule has 0 aliphatic rings. The second-order valence-electron chi connectivity index (χ2n) is 7.34. The Hall–Kier alpha value is -3.06. The molecule has 4 heterocycles. The number of fused-ring (bicyclic) bond motifs is 1. The Morgan fingerprint density at radius 3 is 2.66 bits per heavy atom. The van der Waals surface area contributed by atoms with Crippen LogP contribution >= 0.6 is 11.3 Å². The first-order valence-corrected chi connectivity index (χ1v) is 10.4. The highest BCUT2D eigenvalue weighted by Gasteiger charge is 2.20. The zero-order valence-corrected chi connectivity index (χ0v) is 17.7. The van der Waals surface area contributed by atoms with Gasteiger partial charge in [-0.3, -0.25) is 9.78 Å². The Morgan fingerprint density at radius 1 is 1.17 bits per heavy atom. The SMILES string of the molecule is Cc1ccc(-c2cc(C(=O)NC(C)c3ccccn3)c3cnn(C(C)C)c3n2)s1. The summed E-state index contributed by atoms with van der Waals surface area (Å²) in [5.74, 6) is -0.159. The monoisotopic (exact) mass is 405 g/mol. The Balaban J connectivity index is 1.78. The molecule has 0 spiro atoms. The second-order valence-corrected chi connectivity index (χ2v) is 8.62. The molecule has 0 aromatic carbocycles. The lowest BCUT2D eigenvalue weighted by molar-refractivity contribution is 0.0940. The minimum atomic E-state index is -0.209. The average Bonchev–Trinajstić information content (AvgIpc) is 3.34. The van der Waals surface area contributed by atoms with Crippen LogP contribution < -0.4 is 5.32 Å². The fourth-order valence-electron chi connectivity index (χ4n) is 3.26. The number of hydrogen-bond donors (Lipinski definition) is 1. The Kier molecular flexibility index (Phi) is 5.15. The fraction of sp³-hybridized carbons (Fsp3) is 0.273. The molecule has 6 nitrogen and oxygen atoms in total. The van der Waals surface area contributed by atoms with Crippen molar-refractivity contribution in [3.63, 3.8) is 0 Å². The van der Waals surface area contributed by atoms with Crippen LogP contribution in [-0.4, -0.2) is 25.7 Å². The topological polar surface area (TPSA) is 72.7 Å². The van der Waals surface area contributed by atoms with Gasteiger partial charge in [0.2, 0.25) is 0 Å². The molecule has 1 atom stereocenters. The van der Waals surface area contributed by atoms with Crippen molar-refractivity contribution in [3.05, 3.63) is 64.9 Å². The van der Waals surface area contributed by atoms with Crippen molar-refractivity contribution in [2.75, 3.05) is 0 Å². The molecule has 1 unspecified atom stereocenters. The summed E-state index contributed by atoms with van der Waals surface area (Å²) in [6.45, 7) is 8.10.